The van der Waals surface area contributed by atoms with E-state index in [-0.39, 0.29) is 5.92 Å². The molecule has 0 aromatic rings. The topological polar surface area (TPSA) is 55.4 Å². The van der Waals surface area contributed by atoms with Crippen LogP contribution in [0.3, 0.4) is 0 Å². The van der Waals surface area contributed by atoms with Gasteiger partial charge in [-0.05, 0) is 12.2 Å². The molecule has 1 unspecified atom stereocenters. The van der Waals surface area contributed by atoms with Crippen LogP contribution in [0.25, 0.3) is 0 Å². The predicted octanol–water partition coefficient (Wildman–Crippen LogP) is 3.63. The van der Waals surface area contributed by atoms with Crippen molar-refractivity contribution in [2.24, 2.45) is 17.8 Å². The van der Waals surface area contributed by atoms with Gasteiger partial charge in [0.15, 0.2) is 0 Å². The second-order valence-electron chi connectivity index (χ2n) is 8.12. The summed E-state index contributed by atoms with van der Waals surface area (Å²) < 4.78 is 36.7. The molecule has 0 N–H and O–H groups in total. The minimum absolute atomic E-state index is 0.227. The lowest BCUT2D eigenvalue weighted by atomic mass is 10.2. The van der Waals surface area contributed by atoms with E-state index in [4.69, 9.17) is 26.6 Å². The highest BCUT2D eigenvalue weighted by Crippen LogP contribution is 2.27. The van der Waals surface area contributed by atoms with Gasteiger partial charge in [0.2, 0.25) is 0 Å². The zero-order valence-corrected chi connectivity index (χ0v) is 20.3. The van der Waals surface area contributed by atoms with Gasteiger partial charge in [-0.3, -0.25) is 0 Å². The lowest BCUT2D eigenvalue weighted by molar-refractivity contribution is -0.0266. The van der Waals surface area contributed by atoms with Gasteiger partial charge in [-0.2, -0.15) is 12.6 Å². The van der Waals surface area contributed by atoms with E-state index in [1.54, 1.807) is 0 Å². The van der Waals surface area contributed by atoms with Crippen molar-refractivity contribution in [1.82, 2.24) is 0 Å². The van der Waals surface area contributed by atoms with Crippen LogP contribution in [0.4, 0.5) is 0 Å². The maximum Gasteiger partial charge on any atom is 0.501 e. The molecule has 0 saturated carbocycles. The fraction of sp³-hybridized carbons (Fsp3) is 1.00. The van der Waals surface area contributed by atoms with Gasteiger partial charge in [0.05, 0.1) is 0 Å². The maximum absolute atomic E-state index is 6.25. The first kappa shape index (κ1) is 23.8. The molecule has 0 aromatic carbocycles. The number of hydrogen-bond donors (Lipinski definition) is 1. The lowest BCUT2D eigenvalue weighted by Crippen LogP contribution is -2.53. The molecule has 27 heavy (non-hydrogen) atoms. The SMILES string of the molecule is CCC[Si]1(OCC(C)CO[Si]2(CCCS)OCC(C)CO2)OCC(C)CO1. The van der Waals surface area contributed by atoms with E-state index in [1.807, 2.05) is 0 Å². The van der Waals surface area contributed by atoms with Crippen LogP contribution in [-0.4, -0.2) is 63.0 Å². The number of rotatable bonds is 11. The minimum Gasteiger partial charge on any atom is -0.373 e. The maximum atomic E-state index is 6.25. The quantitative estimate of drug-likeness (QED) is 0.393. The van der Waals surface area contributed by atoms with Crippen LogP contribution in [0, 0.1) is 17.8 Å². The molecule has 0 aromatic heterocycles. The first-order valence-electron chi connectivity index (χ1n) is 10.4. The molecule has 2 aliphatic rings. The summed E-state index contributed by atoms with van der Waals surface area (Å²) in [5.74, 6) is 1.91. The third-order valence-electron chi connectivity index (χ3n) is 4.72. The molecule has 2 fully saturated rings. The summed E-state index contributed by atoms with van der Waals surface area (Å²) in [5.41, 5.74) is 0. The van der Waals surface area contributed by atoms with E-state index in [2.05, 4.69) is 40.3 Å². The average Bonchev–Trinajstić information content (AvgIpc) is 2.68. The van der Waals surface area contributed by atoms with Crippen molar-refractivity contribution in [3.8, 4) is 0 Å². The molecule has 9 heteroatoms. The van der Waals surface area contributed by atoms with Crippen molar-refractivity contribution in [1.29, 1.82) is 0 Å². The van der Waals surface area contributed by atoms with Crippen molar-refractivity contribution in [2.75, 3.05) is 45.4 Å². The zero-order valence-electron chi connectivity index (χ0n) is 17.4. The molecule has 2 saturated heterocycles. The summed E-state index contributed by atoms with van der Waals surface area (Å²) in [6.45, 7) is 12.6. The van der Waals surface area contributed by atoms with Gasteiger partial charge in [0.1, 0.15) is 0 Å². The molecule has 0 bridgehead atoms. The minimum atomic E-state index is -2.58. The van der Waals surface area contributed by atoms with E-state index in [9.17, 15) is 0 Å². The number of hydrogen-bond acceptors (Lipinski definition) is 7. The third-order valence-corrected chi connectivity index (χ3v) is 10.8. The van der Waals surface area contributed by atoms with Crippen molar-refractivity contribution in [2.45, 2.75) is 52.6 Å². The Balaban J connectivity index is 1.81. The zero-order chi connectivity index (χ0) is 19.8. The Labute approximate surface area is 172 Å². The Hall–Kier alpha value is 0.544. The predicted molar refractivity (Wildman–Crippen MR) is 113 cm³/mol. The van der Waals surface area contributed by atoms with Crippen LogP contribution in [-0.2, 0) is 26.6 Å². The van der Waals surface area contributed by atoms with Gasteiger partial charge in [-0.15, -0.1) is 0 Å². The van der Waals surface area contributed by atoms with Crippen LogP contribution in [0.5, 0.6) is 0 Å². The van der Waals surface area contributed by atoms with Gasteiger partial charge < -0.3 is 26.6 Å². The summed E-state index contributed by atoms with van der Waals surface area (Å²) >= 11 is 4.32. The lowest BCUT2D eigenvalue weighted by Gasteiger charge is -2.37. The van der Waals surface area contributed by atoms with E-state index in [0.29, 0.717) is 25.0 Å². The van der Waals surface area contributed by atoms with E-state index in [1.165, 1.54) is 0 Å². The Morgan fingerprint density at radius 2 is 1.33 bits per heavy atom. The summed E-state index contributed by atoms with van der Waals surface area (Å²) in [6, 6.07) is 1.70. The summed E-state index contributed by atoms with van der Waals surface area (Å²) in [7, 11) is -5.10. The summed E-state index contributed by atoms with van der Waals surface area (Å²) in [4.78, 5) is 0. The third kappa shape index (κ3) is 7.71. The molecule has 0 aliphatic carbocycles. The second-order valence-corrected chi connectivity index (χ2v) is 14.0. The van der Waals surface area contributed by atoms with E-state index in [0.717, 1.165) is 57.1 Å². The van der Waals surface area contributed by atoms with Crippen molar-refractivity contribution in [3.05, 3.63) is 0 Å². The van der Waals surface area contributed by atoms with Gasteiger partial charge >= 0.3 is 17.6 Å². The molecule has 1 atom stereocenters. The molecule has 2 heterocycles. The first-order valence-corrected chi connectivity index (χ1v) is 14.9. The van der Waals surface area contributed by atoms with Crippen molar-refractivity contribution in [3.63, 3.8) is 0 Å². The van der Waals surface area contributed by atoms with Gasteiger partial charge in [0.25, 0.3) is 0 Å². The molecular formula is C18H38O6SSi2. The molecule has 0 amide bonds. The van der Waals surface area contributed by atoms with Crippen molar-refractivity contribution >= 4 is 30.2 Å². The molecule has 0 radical (unpaired) electrons. The highest BCUT2D eigenvalue weighted by atomic mass is 32.1. The summed E-state index contributed by atoms with van der Waals surface area (Å²) in [5, 5.41) is 0. The molecule has 160 valence electrons. The Bertz CT molecular complexity index is 409. The standard InChI is InChI=1S/C18H38O6SSi2/c1-5-8-26(19-10-16(2)11-20-26)21-12-17(3)13-22-27(9-6-7-25)23-14-18(4)15-24-27/h16-18,25H,5-15H2,1-4H3. The highest BCUT2D eigenvalue weighted by molar-refractivity contribution is 7.80. The van der Waals surface area contributed by atoms with Gasteiger partial charge in [-0.1, -0.05) is 34.1 Å². The second kappa shape index (κ2) is 11.7. The number of thiol groups is 1. The fourth-order valence-corrected chi connectivity index (χ4v) is 9.32. The smallest absolute Gasteiger partial charge is 0.373 e. The molecular weight excluding hydrogens is 400 g/mol. The Morgan fingerprint density at radius 1 is 0.889 bits per heavy atom. The van der Waals surface area contributed by atoms with Crippen LogP contribution < -0.4 is 0 Å². The van der Waals surface area contributed by atoms with Crippen LogP contribution >= 0.6 is 12.6 Å². The van der Waals surface area contributed by atoms with Crippen LogP contribution in [0.2, 0.25) is 12.1 Å². The molecule has 2 aliphatic heterocycles. The molecule has 6 nitrogen and oxygen atoms in total. The van der Waals surface area contributed by atoms with E-state index < -0.39 is 17.6 Å². The molecule has 2 rings (SSSR count). The van der Waals surface area contributed by atoms with Crippen LogP contribution in [0.1, 0.15) is 40.5 Å². The largest absolute Gasteiger partial charge is 0.501 e. The average molecular weight is 439 g/mol. The molecule has 0 spiro atoms. The Morgan fingerprint density at radius 3 is 1.74 bits per heavy atom. The van der Waals surface area contributed by atoms with E-state index >= 15 is 0 Å². The first-order chi connectivity index (χ1) is 12.9. The van der Waals surface area contributed by atoms with Gasteiger partial charge in [-0.25, -0.2) is 0 Å². The van der Waals surface area contributed by atoms with Gasteiger partial charge in [0, 0.05) is 69.5 Å². The summed E-state index contributed by atoms with van der Waals surface area (Å²) in [6.07, 6.45) is 1.95. The van der Waals surface area contributed by atoms with Crippen LogP contribution in [0.15, 0.2) is 0 Å². The highest BCUT2D eigenvalue weighted by Gasteiger charge is 2.46. The monoisotopic (exact) mass is 438 g/mol. The normalized spacial score (nSPS) is 35.9. The van der Waals surface area contributed by atoms with Crippen molar-refractivity contribution < 1.29 is 26.6 Å². The Kier molecular flexibility index (Phi) is 10.3. The fourth-order valence-electron chi connectivity index (χ4n) is 3.04.